The molecule has 1 fully saturated rings. The molecule has 2 rings (SSSR count). The summed E-state index contributed by atoms with van der Waals surface area (Å²) in [5.41, 5.74) is 5.62. The topological polar surface area (TPSA) is 98.5 Å². The first kappa shape index (κ1) is 17.9. The molecule has 1 aliphatic rings. The Bertz CT molecular complexity index is 657. The molecule has 128 valence electrons. The van der Waals surface area contributed by atoms with Crippen molar-refractivity contribution >= 4 is 16.0 Å². The minimum Gasteiger partial charge on any atom is -0.465 e. The Morgan fingerprint density at radius 2 is 2.00 bits per heavy atom. The number of ether oxygens (including phenoxy) is 1. The van der Waals surface area contributed by atoms with Crippen molar-refractivity contribution in [1.29, 1.82) is 0 Å². The highest BCUT2D eigenvalue weighted by atomic mass is 32.2. The fraction of sp³-hybridized carbons (Fsp3) is 0.562. The van der Waals surface area contributed by atoms with Crippen molar-refractivity contribution < 1.29 is 17.9 Å². The predicted octanol–water partition coefficient (Wildman–Crippen LogP) is 1.66. The van der Waals surface area contributed by atoms with E-state index in [4.69, 9.17) is 5.73 Å². The first-order valence-corrected chi connectivity index (χ1v) is 9.25. The van der Waals surface area contributed by atoms with Crippen molar-refractivity contribution in [3.63, 3.8) is 0 Å². The van der Waals surface area contributed by atoms with Gasteiger partial charge in [-0.15, -0.1) is 0 Å². The van der Waals surface area contributed by atoms with Crippen LogP contribution in [0.25, 0.3) is 0 Å². The predicted molar refractivity (Wildman–Crippen MR) is 87.5 cm³/mol. The lowest BCUT2D eigenvalue weighted by Gasteiger charge is -2.42. The van der Waals surface area contributed by atoms with Crippen LogP contribution in [-0.2, 0) is 14.8 Å². The quantitative estimate of drug-likeness (QED) is 0.794. The minimum absolute atomic E-state index is 0.121. The summed E-state index contributed by atoms with van der Waals surface area (Å²) in [5, 5.41) is 0. The first-order valence-electron chi connectivity index (χ1n) is 7.77. The van der Waals surface area contributed by atoms with Gasteiger partial charge in [-0.25, -0.2) is 17.9 Å². The zero-order chi connectivity index (χ0) is 17.1. The molecule has 1 aliphatic carbocycles. The summed E-state index contributed by atoms with van der Waals surface area (Å²) in [4.78, 5) is 11.5. The van der Waals surface area contributed by atoms with Gasteiger partial charge in [0.2, 0.25) is 10.0 Å². The minimum atomic E-state index is -3.69. The second-order valence-corrected chi connectivity index (χ2v) is 7.81. The van der Waals surface area contributed by atoms with Crippen molar-refractivity contribution in [3.8, 4) is 0 Å². The van der Waals surface area contributed by atoms with Gasteiger partial charge in [0.1, 0.15) is 0 Å². The van der Waals surface area contributed by atoms with Crippen LogP contribution < -0.4 is 10.5 Å². The van der Waals surface area contributed by atoms with Crippen LogP contribution in [-0.4, -0.2) is 33.6 Å². The van der Waals surface area contributed by atoms with Gasteiger partial charge in [0.25, 0.3) is 0 Å². The molecule has 0 heterocycles. The Hall–Kier alpha value is -1.44. The highest BCUT2D eigenvalue weighted by Crippen LogP contribution is 2.34. The van der Waals surface area contributed by atoms with Crippen LogP contribution in [0.2, 0.25) is 0 Å². The van der Waals surface area contributed by atoms with Crippen molar-refractivity contribution in [2.75, 3.05) is 13.7 Å². The summed E-state index contributed by atoms with van der Waals surface area (Å²) >= 11 is 0. The number of methoxy groups -OCH3 is 1. The van der Waals surface area contributed by atoms with Gasteiger partial charge in [-0.3, -0.25) is 0 Å². The zero-order valence-electron chi connectivity index (χ0n) is 13.5. The number of nitrogens with one attached hydrogen (secondary N) is 1. The SMILES string of the molecule is COC(=O)c1ccc(S(=O)(=O)NC2(CN)CCCCC2C)cc1. The smallest absolute Gasteiger partial charge is 0.337 e. The maximum absolute atomic E-state index is 12.7. The molecule has 3 N–H and O–H groups in total. The number of sulfonamides is 1. The fourth-order valence-electron chi connectivity index (χ4n) is 3.12. The van der Waals surface area contributed by atoms with Gasteiger partial charge in [0, 0.05) is 12.1 Å². The number of hydrogen-bond donors (Lipinski definition) is 2. The van der Waals surface area contributed by atoms with Gasteiger partial charge in [-0.2, -0.15) is 0 Å². The number of hydrogen-bond acceptors (Lipinski definition) is 5. The van der Waals surface area contributed by atoms with E-state index in [1.165, 1.54) is 31.4 Å². The van der Waals surface area contributed by atoms with Crippen LogP contribution in [0.4, 0.5) is 0 Å². The van der Waals surface area contributed by atoms with Gasteiger partial charge in [-0.1, -0.05) is 19.8 Å². The molecule has 0 amide bonds. The number of nitrogens with two attached hydrogens (primary N) is 1. The third kappa shape index (κ3) is 3.73. The number of rotatable bonds is 5. The van der Waals surface area contributed by atoms with E-state index in [1.54, 1.807) is 0 Å². The molecule has 0 aromatic heterocycles. The molecular formula is C16H24N2O4S. The molecule has 2 atom stereocenters. The molecule has 0 spiro atoms. The van der Waals surface area contributed by atoms with Gasteiger partial charge in [0.15, 0.2) is 0 Å². The third-order valence-electron chi connectivity index (χ3n) is 4.74. The maximum atomic E-state index is 12.7. The van der Waals surface area contributed by atoms with E-state index in [1.807, 2.05) is 6.92 Å². The van der Waals surface area contributed by atoms with Crippen LogP contribution in [0.5, 0.6) is 0 Å². The Balaban J connectivity index is 2.25. The maximum Gasteiger partial charge on any atom is 0.337 e. The van der Waals surface area contributed by atoms with E-state index in [0.29, 0.717) is 5.56 Å². The summed E-state index contributed by atoms with van der Waals surface area (Å²) in [6.45, 7) is 2.31. The van der Waals surface area contributed by atoms with Crippen molar-refractivity contribution in [3.05, 3.63) is 29.8 Å². The molecule has 0 aliphatic heterocycles. The molecule has 7 heteroatoms. The van der Waals surface area contributed by atoms with Crippen LogP contribution in [0.3, 0.4) is 0 Å². The summed E-state index contributed by atoms with van der Waals surface area (Å²) in [6, 6.07) is 5.71. The van der Waals surface area contributed by atoms with Crippen molar-refractivity contribution in [2.45, 2.75) is 43.0 Å². The standard InChI is InChI=1S/C16H24N2O4S/c1-12-5-3-4-10-16(12,11-17)18-23(20,21)14-8-6-13(7-9-14)15(19)22-2/h6-9,12,18H,3-5,10-11,17H2,1-2H3. The Labute approximate surface area is 137 Å². The third-order valence-corrected chi connectivity index (χ3v) is 6.31. The fourth-order valence-corrected chi connectivity index (χ4v) is 4.66. The lowest BCUT2D eigenvalue weighted by molar-refractivity contribution is 0.0600. The molecule has 0 bridgehead atoms. The highest BCUT2D eigenvalue weighted by Gasteiger charge is 2.40. The van der Waals surface area contributed by atoms with E-state index < -0.39 is 21.5 Å². The van der Waals surface area contributed by atoms with Crippen LogP contribution in [0, 0.1) is 5.92 Å². The first-order chi connectivity index (χ1) is 10.8. The Morgan fingerprint density at radius 3 is 2.52 bits per heavy atom. The van der Waals surface area contributed by atoms with Gasteiger partial charge < -0.3 is 10.5 Å². The van der Waals surface area contributed by atoms with Crippen molar-refractivity contribution in [2.24, 2.45) is 11.7 Å². The molecule has 0 saturated heterocycles. The molecule has 6 nitrogen and oxygen atoms in total. The second-order valence-electron chi connectivity index (χ2n) is 6.13. The van der Waals surface area contributed by atoms with Gasteiger partial charge >= 0.3 is 5.97 Å². The summed E-state index contributed by atoms with van der Waals surface area (Å²) in [5.74, 6) is -0.313. The molecular weight excluding hydrogens is 316 g/mol. The number of carbonyl (C=O) groups is 1. The van der Waals surface area contributed by atoms with E-state index >= 15 is 0 Å². The van der Waals surface area contributed by atoms with Crippen LogP contribution in [0.15, 0.2) is 29.2 Å². The van der Waals surface area contributed by atoms with Crippen LogP contribution >= 0.6 is 0 Å². The molecule has 1 saturated carbocycles. The zero-order valence-corrected chi connectivity index (χ0v) is 14.4. The molecule has 1 aromatic carbocycles. The Kier molecular flexibility index (Phi) is 5.44. The van der Waals surface area contributed by atoms with E-state index in [-0.39, 0.29) is 17.4 Å². The van der Waals surface area contributed by atoms with E-state index in [0.717, 1.165) is 25.7 Å². The lowest BCUT2D eigenvalue weighted by atomic mass is 9.74. The van der Waals surface area contributed by atoms with Gasteiger partial charge in [-0.05, 0) is 43.0 Å². The number of esters is 1. The van der Waals surface area contributed by atoms with Crippen LogP contribution in [0.1, 0.15) is 43.0 Å². The second kappa shape index (κ2) is 6.98. The summed E-state index contributed by atoms with van der Waals surface area (Å²) < 4.78 is 32.8. The van der Waals surface area contributed by atoms with Gasteiger partial charge in [0.05, 0.1) is 17.6 Å². The molecule has 0 radical (unpaired) electrons. The number of benzene rings is 1. The lowest BCUT2D eigenvalue weighted by Crippen LogP contribution is -2.58. The Morgan fingerprint density at radius 1 is 1.35 bits per heavy atom. The molecule has 2 unspecified atom stereocenters. The summed E-state index contributed by atoms with van der Waals surface area (Å²) in [7, 11) is -2.41. The highest BCUT2D eigenvalue weighted by molar-refractivity contribution is 7.89. The number of carbonyl (C=O) groups excluding carboxylic acids is 1. The molecule has 1 aromatic rings. The van der Waals surface area contributed by atoms with Crippen molar-refractivity contribution in [1.82, 2.24) is 4.72 Å². The monoisotopic (exact) mass is 340 g/mol. The van der Waals surface area contributed by atoms with E-state index in [9.17, 15) is 13.2 Å². The normalized spacial score (nSPS) is 25.1. The molecule has 23 heavy (non-hydrogen) atoms. The average molecular weight is 340 g/mol. The summed E-state index contributed by atoms with van der Waals surface area (Å²) in [6.07, 6.45) is 3.76. The largest absolute Gasteiger partial charge is 0.465 e. The van der Waals surface area contributed by atoms with E-state index in [2.05, 4.69) is 9.46 Å². The average Bonchev–Trinajstić information content (AvgIpc) is 2.56.